The van der Waals surface area contributed by atoms with Crippen LogP contribution >= 0.6 is 28.3 Å². The first-order valence-corrected chi connectivity index (χ1v) is 8.53. The molecule has 128 valence electrons. The highest BCUT2D eigenvalue weighted by molar-refractivity contribution is 9.10. The Kier molecular flexibility index (Phi) is 8.92. The molecule has 0 unspecified atom stereocenters. The number of nitrogens with one attached hydrogen (secondary N) is 1. The van der Waals surface area contributed by atoms with E-state index in [2.05, 4.69) is 54.2 Å². The van der Waals surface area contributed by atoms with E-state index < -0.39 is 0 Å². The van der Waals surface area contributed by atoms with Crippen molar-refractivity contribution in [1.82, 2.24) is 5.32 Å². The summed E-state index contributed by atoms with van der Waals surface area (Å²) in [6, 6.07) is 10.3. The van der Waals surface area contributed by atoms with Crippen molar-refractivity contribution in [3.05, 3.63) is 46.1 Å². The maximum atomic E-state index is 5.93. The van der Waals surface area contributed by atoms with Gasteiger partial charge in [-0.15, -0.1) is 12.4 Å². The monoisotopic (exact) mass is 401 g/mol. The van der Waals surface area contributed by atoms with Crippen LogP contribution in [0.3, 0.4) is 0 Å². The Hall–Kier alpha value is -0.810. The fraction of sp³-hybridized carbons (Fsp3) is 0.444. The third-order valence-electron chi connectivity index (χ3n) is 3.36. The Bertz CT molecular complexity index is 598. The van der Waals surface area contributed by atoms with Gasteiger partial charge in [0.25, 0.3) is 0 Å². The van der Waals surface area contributed by atoms with E-state index in [4.69, 9.17) is 9.15 Å². The fourth-order valence-electron chi connectivity index (χ4n) is 2.25. The summed E-state index contributed by atoms with van der Waals surface area (Å²) < 4.78 is 12.5. The second-order valence-corrected chi connectivity index (χ2v) is 6.59. The summed E-state index contributed by atoms with van der Waals surface area (Å²) in [5.74, 6) is 1.88. The highest BCUT2D eigenvalue weighted by Crippen LogP contribution is 2.27. The molecule has 1 N–H and O–H groups in total. The largest absolute Gasteiger partial charge is 0.460 e. The standard InChI is InChI=1S/C18H24BrNO2.ClH/c1-13(2)21-10-4-9-20-12-16-6-8-18(22-16)17-7-5-15(19)11-14(17)3;/h5-8,11,13,20H,4,9-10,12H2,1-3H3;1H. The maximum absolute atomic E-state index is 5.93. The van der Waals surface area contributed by atoms with Gasteiger partial charge in [-0.25, -0.2) is 0 Å². The molecule has 23 heavy (non-hydrogen) atoms. The molecule has 2 rings (SSSR count). The summed E-state index contributed by atoms with van der Waals surface area (Å²) in [6.45, 7) is 8.68. The molecular formula is C18H25BrClNO2. The third kappa shape index (κ3) is 6.68. The van der Waals surface area contributed by atoms with Gasteiger partial charge < -0.3 is 14.5 Å². The summed E-state index contributed by atoms with van der Waals surface area (Å²) >= 11 is 3.49. The van der Waals surface area contributed by atoms with Crippen LogP contribution in [0.5, 0.6) is 0 Å². The Labute approximate surface area is 153 Å². The second-order valence-electron chi connectivity index (χ2n) is 5.68. The van der Waals surface area contributed by atoms with Crippen molar-refractivity contribution in [1.29, 1.82) is 0 Å². The minimum atomic E-state index is 0. The Morgan fingerprint density at radius 1 is 1.22 bits per heavy atom. The van der Waals surface area contributed by atoms with Gasteiger partial charge in [0, 0.05) is 16.6 Å². The van der Waals surface area contributed by atoms with Crippen LogP contribution < -0.4 is 5.32 Å². The van der Waals surface area contributed by atoms with E-state index in [-0.39, 0.29) is 12.4 Å². The predicted molar refractivity (Wildman–Crippen MR) is 101 cm³/mol. The average molecular weight is 403 g/mol. The minimum Gasteiger partial charge on any atom is -0.460 e. The molecule has 0 saturated carbocycles. The topological polar surface area (TPSA) is 34.4 Å². The fourth-order valence-corrected chi connectivity index (χ4v) is 2.72. The van der Waals surface area contributed by atoms with E-state index in [1.807, 2.05) is 18.2 Å². The number of rotatable bonds is 8. The Morgan fingerprint density at radius 2 is 2.00 bits per heavy atom. The zero-order valence-corrected chi connectivity index (χ0v) is 16.3. The van der Waals surface area contributed by atoms with E-state index >= 15 is 0 Å². The summed E-state index contributed by atoms with van der Waals surface area (Å²) in [5.41, 5.74) is 2.34. The molecule has 0 spiro atoms. The number of hydrogen-bond donors (Lipinski definition) is 1. The lowest BCUT2D eigenvalue weighted by Gasteiger charge is -2.07. The normalized spacial score (nSPS) is 10.8. The summed E-state index contributed by atoms with van der Waals surface area (Å²) in [5, 5.41) is 3.38. The molecule has 0 radical (unpaired) electrons. The molecule has 5 heteroatoms. The number of ether oxygens (including phenoxy) is 1. The van der Waals surface area contributed by atoms with E-state index in [0.29, 0.717) is 6.10 Å². The second kappa shape index (κ2) is 10.1. The quantitative estimate of drug-likeness (QED) is 0.605. The molecule has 0 aliphatic carbocycles. The van der Waals surface area contributed by atoms with Gasteiger partial charge in [0.15, 0.2) is 0 Å². The zero-order valence-electron chi connectivity index (χ0n) is 13.9. The summed E-state index contributed by atoms with van der Waals surface area (Å²) in [7, 11) is 0. The van der Waals surface area contributed by atoms with Crippen molar-refractivity contribution in [2.75, 3.05) is 13.2 Å². The van der Waals surface area contributed by atoms with Crippen LogP contribution in [0.25, 0.3) is 11.3 Å². The van der Waals surface area contributed by atoms with E-state index in [9.17, 15) is 0 Å². The lowest BCUT2D eigenvalue weighted by atomic mass is 10.1. The van der Waals surface area contributed by atoms with Crippen molar-refractivity contribution in [3.8, 4) is 11.3 Å². The first kappa shape index (κ1) is 20.2. The van der Waals surface area contributed by atoms with Crippen LogP contribution in [-0.2, 0) is 11.3 Å². The number of benzene rings is 1. The van der Waals surface area contributed by atoms with Gasteiger partial charge in [-0.05, 0) is 69.6 Å². The molecular weight excluding hydrogens is 378 g/mol. The molecule has 0 aliphatic heterocycles. The Morgan fingerprint density at radius 3 is 2.70 bits per heavy atom. The molecule has 0 atom stereocenters. The summed E-state index contributed by atoms with van der Waals surface area (Å²) in [4.78, 5) is 0. The molecule has 0 fully saturated rings. The molecule has 0 aliphatic rings. The van der Waals surface area contributed by atoms with Crippen LogP contribution in [0.1, 0.15) is 31.6 Å². The van der Waals surface area contributed by atoms with Gasteiger partial charge >= 0.3 is 0 Å². The predicted octanol–water partition coefficient (Wildman–Crippen LogP) is 5.34. The molecule has 3 nitrogen and oxygen atoms in total. The van der Waals surface area contributed by atoms with Crippen LogP contribution in [0.15, 0.2) is 39.2 Å². The van der Waals surface area contributed by atoms with Crippen molar-refractivity contribution in [2.45, 2.75) is 39.8 Å². The first-order valence-electron chi connectivity index (χ1n) is 7.74. The van der Waals surface area contributed by atoms with Gasteiger partial charge in [0.2, 0.25) is 0 Å². The van der Waals surface area contributed by atoms with Gasteiger partial charge in [-0.2, -0.15) is 0 Å². The number of furan rings is 1. The Balaban J connectivity index is 0.00000264. The van der Waals surface area contributed by atoms with Gasteiger partial charge in [0.1, 0.15) is 11.5 Å². The van der Waals surface area contributed by atoms with Crippen LogP contribution in [0.4, 0.5) is 0 Å². The molecule has 0 amide bonds. The van der Waals surface area contributed by atoms with Crippen LogP contribution in [-0.4, -0.2) is 19.3 Å². The molecule has 2 aromatic rings. The van der Waals surface area contributed by atoms with Crippen molar-refractivity contribution < 1.29 is 9.15 Å². The highest BCUT2D eigenvalue weighted by atomic mass is 79.9. The zero-order chi connectivity index (χ0) is 15.9. The van der Waals surface area contributed by atoms with E-state index in [0.717, 1.165) is 47.7 Å². The SMILES string of the molecule is Cc1cc(Br)ccc1-c1ccc(CNCCCOC(C)C)o1.Cl. The van der Waals surface area contributed by atoms with Gasteiger partial charge in [0.05, 0.1) is 12.6 Å². The third-order valence-corrected chi connectivity index (χ3v) is 3.86. The first-order chi connectivity index (χ1) is 10.6. The van der Waals surface area contributed by atoms with Crippen LogP contribution in [0.2, 0.25) is 0 Å². The van der Waals surface area contributed by atoms with Gasteiger partial charge in [-0.3, -0.25) is 0 Å². The molecule has 1 aromatic heterocycles. The van der Waals surface area contributed by atoms with Crippen LogP contribution in [0, 0.1) is 6.92 Å². The lowest BCUT2D eigenvalue weighted by Crippen LogP contribution is -2.17. The number of hydrogen-bond acceptors (Lipinski definition) is 3. The number of aryl methyl sites for hydroxylation is 1. The van der Waals surface area contributed by atoms with Crippen molar-refractivity contribution in [3.63, 3.8) is 0 Å². The van der Waals surface area contributed by atoms with Crippen molar-refractivity contribution >= 4 is 28.3 Å². The lowest BCUT2D eigenvalue weighted by molar-refractivity contribution is 0.0770. The molecule has 1 aromatic carbocycles. The van der Waals surface area contributed by atoms with Gasteiger partial charge in [-0.1, -0.05) is 15.9 Å². The van der Waals surface area contributed by atoms with E-state index in [1.54, 1.807) is 0 Å². The smallest absolute Gasteiger partial charge is 0.134 e. The van der Waals surface area contributed by atoms with E-state index in [1.165, 1.54) is 5.56 Å². The minimum absolute atomic E-state index is 0. The highest BCUT2D eigenvalue weighted by Gasteiger charge is 2.07. The van der Waals surface area contributed by atoms with Crippen molar-refractivity contribution in [2.24, 2.45) is 0 Å². The summed E-state index contributed by atoms with van der Waals surface area (Å²) in [6.07, 6.45) is 1.32. The molecule has 1 heterocycles. The molecule has 0 saturated heterocycles. The number of halogens is 2. The molecule has 0 bridgehead atoms. The maximum Gasteiger partial charge on any atom is 0.134 e. The average Bonchev–Trinajstić information content (AvgIpc) is 2.91.